The molecular weight excluding hydrogens is 457 g/mol. The van der Waals surface area contributed by atoms with E-state index in [2.05, 4.69) is 38.5 Å². The number of benzene rings is 2. The number of fused-ring (bicyclic) bond motifs is 1. The average Bonchev–Trinajstić information content (AvgIpc) is 2.51. The number of carbonyl (C=O) groups is 1. The summed E-state index contributed by atoms with van der Waals surface area (Å²) in [5, 5.41) is 0.814. The summed E-state index contributed by atoms with van der Waals surface area (Å²) in [6.45, 7) is 1.41. The lowest BCUT2D eigenvalue weighted by molar-refractivity contribution is -0.131. The van der Waals surface area contributed by atoms with Gasteiger partial charge in [0.15, 0.2) is 5.75 Å². The van der Waals surface area contributed by atoms with Crippen LogP contribution in [0.15, 0.2) is 53.0 Å². The van der Waals surface area contributed by atoms with Crippen molar-refractivity contribution in [2.24, 2.45) is 0 Å². The summed E-state index contributed by atoms with van der Waals surface area (Å²) in [6.07, 6.45) is 0. The Kier molecular flexibility index (Phi) is 4.44. The van der Waals surface area contributed by atoms with Crippen LogP contribution in [0.1, 0.15) is 6.92 Å². The van der Waals surface area contributed by atoms with Crippen molar-refractivity contribution in [2.75, 3.05) is 0 Å². The van der Waals surface area contributed by atoms with Crippen molar-refractivity contribution in [3.63, 3.8) is 0 Å². The minimum Gasteiger partial charge on any atom is -0.425 e. The molecule has 0 saturated carbocycles. The quantitative estimate of drug-likeness (QED) is 0.384. The number of hydrogen-bond acceptors (Lipinski definition) is 3. The first-order valence-electron chi connectivity index (χ1n) is 6.59. The highest BCUT2D eigenvalue weighted by Gasteiger charge is 2.17. The summed E-state index contributed by atoms with van der Waals surface area (Å²) in [4.78, 5) is 16.2. The minimum absolute atomic E-state index is 0.343. The Balaban J connectivity index is 2.33. The molecule has 0 aliphatic rings. The molecule has 0 unspecified atom stereocenters. The number of rotatable bonds is 2. The van der Waals surface area contributed by atoms with Gasteiger partial charge in [0, 0.05) is 22.3 Å². The third-order valence-corrected chi connectivity index (χ3v) is 4.63. The predicted molar refractivity (Wildman–Crippen MR) is 98.9 cm³/mol. The molecule has 0 aliphatic heterocycles. The summed E-state index contributed by atoms with van der Waals surface area (Å²) >= 11 is 5.63. The SMILES string of the molecule is CC(=O)Oc1c(I)c(-c2ccccc2)nc2ccc(Br)cc12. The van der Waals surface area contributed by atoms with Gasteiger partial charge in [-0.1, -0.05) is 46.3 Å². The average molecular weight is 468 g/mol. The number of esters is 1. The fourth-order valence-electron chi connectivity index (χ4n) is 2.21. The van der Waals surface area contributed by atoms with E-state index in [9.17, 15) is 4.79 Å². The van der Waals surface area contributed by atoms with Gasteiger partial charge in [-0.3, -0.25) is 4.79 Å². The Morgan fingerprint density at radius 2 is 1.91 bits per heavy atom. The fourth-order valence-corrected chi connectivity index (χ4v) is 3.41. The Morgan fingerprint density at radius 3 is 2.59 bits per heavy atom. The second-order valence-corrected chi connectivity index (χ2v) is 6.72. The molecule has 3 rings (SSSR count). The zero-order chi connectivity index (χ0) is 15.7. The molecule has 3 aromatic rings. The van der Waals surface area contributed by atoms with Gasteiger partial charge in [0.2, 0.25) is 0 Å². The first-order valence-corrected chi connectivity index (χ1v) is 8.46. The third-order valence-electron chi connectivity index (χ3n) is 3.14. The molecule has 0 fully saturated rings. The second-order valence-electron chi connectivity index (χ2n) is 4.72. The molecule has 0 saturated heterocycles. The van der Waals surface area contributed by atoms with Crippen LogP contribution in [0.5, 0.6) is 5.75 Å². The monoisotopic (exact) mass is 467 g/mol. The van der Waals surface area contributed by atoms with Crippen LogP contribution >= 0.6 is 38.5 Å². The van der Waals surface area contributed by atoms with Crippen molar-refractivity contribution in [3.8, 4) is 17.0 Å². The Hall–Kier alpha value is -1.47. The molecule has 0 amide bonds. The zero-order valence-corrected chi connectivity index (χ0v) is 15.4. The highest BCUT2D eigenvalue weighted by molar-refractivity contribution is 14.1. The molecule has 0 atom stereocenters. The molecule has 22 heavy (non-hydrogen) atoms. The van der Waals surface area contributed by atoms with Crippen LogP contribution in [-0.2, 0) is 4.79 Å². The van der Waals surface area contributed by atoms with E-state index >= 15 is 0 Å². The highest BCUT2D eigenvalue weighted by atomic mass is 127. The Labute approximate surface area is 150 Å². The first-order chi connectivity index (χ1) is 10.6. The maximum atomic E-state index is 11.5. The molecule has 5 heteroatoms. The molecule has 3 nitrogen and oxygen atoms in total. The van der Waals surface area contributed by atoms with Crippen molar-refractivity contribution < 1.29 is 9.53 Å². The summed E-state index contributed by atoms with van der Waals surface area (Å²) < 4.78 is 7.21. The van der Waals surface area contributed by atoms with Gasteiger partial charge in [-0.05, 0) is 40.8 Å². The van der Waals surface area contributed by atoms with Crippen LogP contribution in [0.2, 0.25) is 0 Å². The maximum absolute atomic E-state index is 11.5. The molecule has 0 bridgehead atoms. The maximum Gasteiger partial charge on any atom is 0.308 e. The second kappa shape index (κ2) is 6.34. The van der Waals surface area contributed by atoms with Crippen molar-refractivity contribution in [1.82, 2.24) is 4.98 Å². The number of halogens is 2. The molecule has 1 heterocycles. The van der Waals surface area contributed by atoms with Crippen molar-refractivity contribution >= 4 is 55.4 Å². The lowest BCUT2D eigenvalue weighted by Gasteiger charge is -2.13. The van der Waals surface area contributed by atoms with Crippen molar-refractivity contribution in [1.29, 1.82) is 0 Å². The standard InChI is InChI=1S/C17H11BrINO2/c1-10(21)22-17-13-9-12(18)7-8-14(13)20-16(15(17)19)11-5-3-2-4-6-11/h2-9H,1H3. The van der Waals surface area contributed by atoms with Crippen molar-refractivity contribution in [3.05, 3.63) is 56.6 Å². The van der Waals surface area contributed by atoms with Crippen LogP contribution in [0.3, 0.4) is 0 Å². The van der Waals surface area contributed by atoms with Gasteiger partial charge in [-0.25, -0.2) is 4.98 Å². The molecule has 0 aliphatic carbocycles. The molecule has 0 spiro atoms. The normalized spacial score (nSPS) is 10.7. The smallest absolute Gasteiger partial charge is 0.308 e. The topological polar surface area (TPSA) is 39.2 Å². The van der Waals surface area contributed by atoms with Gasteiger partial charge in [-0.2, -0.15) is 0 Å². The number of aromatic nitrogens is 1. The first kappa shape index (κ1) is 15.4. The van der Waals surface area contributed by atoms with E-state index < -0.39 is 0 Å². The van der Waals surface area contributed by atoms with Crippen LogP contribution in [0, 0.1) is 3.57 Å². The third kappa shape index (κ3) is 3.01. The lowest BCUT2D eigenvalue weighted by atomic mass is 10.1. The highest BCUT2D eigenvalue weighted by Crippen LogP contribution is 2.37. The fraction of sp³-hybridized carbons (Fsp3) is 0.0588. The van der Waals surface area contributed by atoms with Gasteiger partial charge in [0.25, 0.3) is 0 Å². The molecule has 110 valence electrons. The van der Waals surface area contributed by atoms with Gasteiger partial charge >= 0.3 is 5.97 Å². The molecule has 1 aromatic heterocycles. The van der Waals surface area contributed by atoms with Crippen molar-refractivity contribution in [2.45, 2.75) is 6.92 Å². The number of nitrogens with zero attached hydrogens (tertiary/aromatic N) is 1. The van der Waals surface area contributed by atoms with Gasteiger partial charge in [0.1, 0.15) is 0 Å². The van der Waals surface area contributed by atoms with Crippen LogP contribution < -0.4 is 4.74 Å². The molecule has 0 radical (unpaired) electrons. The van der Waals surface area contributed by atoms with Crippen LogP contribution in [-0.4, -0.2) is 11.0 Å². The van der Waals surface area contributed by atoms with E-state index in [0.717, 1.165) is 30.2 Å². The number of ether oxygens (including phenoxy) is 1. The van der Waals surface area contributed by atoms with E-state index in [1.165, 1.54) is 6.92 Å². The van der Waals surface area contributed by atoms with Gasteiger partial charge < -0.3 is 4.74 Å². The van der Waals surface area contributed by atoms with E-state index in [1.807, 2.05) is 48.5 Å². The van der Waals surface area contributed by atoms with Gasteiger partial charge in [-0.15, -0.1) is 0 Å². The minimum atomic E-state index is -0.343. The summed E-state index contributed by atoms with van der Waals surface area (Å²) in [5.74, 6) is 0.211. The van der Waals surface area contributed by atoms with E-state index in [0.29, 0.717) is 5.75 Å². The van der Waals surface area contributed by atoms with Crippen LogP contribution in [0.25, 0.3) is 22.2 Å². The number of hydrogen-bond donors (Lipinski definition) is 0. The summed E-state index contributed by atoms with van der Waals surface area (Å²) in [6, 6.07) is 15.6. The van der Waals surface area contributed by atoms with Gasteiger partial charge in [0.05, 0.1) is 14.8 Å². The summed E-state index contributed by atoms with van der Waals surface area (Å²) in [7, 11) is 0. The predicted octanol–water partition coefficient (Wildman–Crippen LogP) is 5.19. The molecule has 0 N–H and O–H groups in total. The Morgan fingerprint density at radius 1 is 1.18 bits per heavy atom. The van der Waals surface area contributed by atoms with E-state index in [4.69, 9.17) is 9.72 Å². The van der Waals surface area contributed by atoms with Crippen LogP contribution in [0.4, 0.5) is 0 Å². The molecule has 2 aromatic carbocycles. The Bertz CT molecular complexity index is 865. The number of carbonyl (C=O) groups excluding carboxylic acids is 1. The zero-order valence-electron chi connectivity index (χ0n) is 11.6. The summed E-state index contributed by atoms with van der Waals surface area (Å²) in [5.41, 5.74) is 2.59. The number of pyridine rings is 1. The largest absolute Gasteiger partial charge is 0.425 e. The molecular formula is C17H11BrINO2. The van der Waals surface area contributed by atoms with E-state index in [1.54, 1.807) is 0 Å². The van der Waals surface area contributed by atoms with E-state index in [-0.39, 0.29) is 5.97 Å². The lowest BCUT2D eigenvalue weighted by Crippen LogP contribution is -2.05.